The van der Waals surface area contributed by atoms with Gasteiger partial charge in [-0.15, -0.1) is 0 Å². The molecule has 0 aromatic heterocycles. The number of hydrogen-bond donors (Lipinski definition) is 1. The van der Waals surface area contributed by atoms with Crippen molar-refractivity contribution in [2.75, 3.05) is 7.11 Å². The molecule has 1 atom stereocenters. The van der Waals surface area contributed by atoms with Crippen molar-refractivity contribution < 1.29 is 9.13 Å². The lowest BCUT2D eigenvalue weighted by Gasteiger charge is -2.27. The fraction of sp³-hybridized carbons (Fsp3) is 0.200. The molecule has 1 unspecified atom stereocenters. The Morgan fingerprint density at radius 3 is 2.42 bits per heavy atom. The van der Waals surface area contributed by atoms with Crippen LogP contribution in [0.1, 0.15) is 18.1 Å². The second-order valence-electron chi connectivity index (χ2n) is 4.53. The second-order valence-corrected chi connectivity index (χ2v) is 5.38. The molecule has 0 bridgehead atoms. The van der Waals surface area contributed by atoms with Gasteiger partial charge in [0.15, 0.2) is 0 Å². The molecule has 0 saturated carbocycles. The van der Waals surface area contributed by atoms with Crippen molar-refractivity contribution in [1.82, 2.24) is 0 Å². The van der Waals surface area contributed by atoms with E-state index in [9.17, 15) is 4.39 Å². The normalized spacial score (nSPS) is 13.9. The van der Waals surface area contributed by atoms with Crippen molar-refractivity contribution in [3.05, 3.63) is 63.9 Å². The summed E-state index contributed by atoms with van der Waals surface area (Å²) in [5.41, 5.74) is 6.68. The predicted octanol–water partition coefficient (Wildman–Crippen LogP) is 3.82. The molecule has 0 heterocycles. The lowest BCUT2D eigenvalue weighted by atomic mass is 9.85. The van der Waals surface area contributed by atoms with E-state index in [0.717, 1.165) is 10.0 Å². The molecule has 2 aromatic rings. The van der Waals surface area contributed by atoms with E-state index >= 15 is 0 Å². The van der Waals surface area contributed by atoms with Gasteiger partial charge in [0.2, 0.25) is 0 Å². The molecule has 0 aliphatic heterocycles. The molecule has 0 aliphatic carbocycles. The summed E-state index contributed by atoms with van der Waals surface area (Å²) < 4.78 is 20.0. The molecule has 2 N–H and O–H groups in total. The van der Waals surface area contributed by atoms with E-state index in [2.05, 4.69) is 15.9 Å². The van der Waals surface area contributed by atoms with Gasteiger partial charge in [0.05, 0.1) is 12.6 Å². The van der Waals surface area contributed by atoms with Gasteiger partial charge >= 0.3 is 0 Å². The first-order valence-corrected chi connectivity index (χ1v) is 6.64. The van der Waals surface area contributed by atoms with Gasteiger partial charge in [-0.2, -0.15) is 0 Å². The summed E-state index contributed by atoms with van der Waals surface area (Å²) in [5.74, 6) is 0.101. The minimum Gasteiger partial charge on any atom is -0.497 e. The Kier molecular flexibility index (Phi) is 3.92. The number of methoxy groups -OCH3 is 1. The molecule has 0 spiro atoms. The summed E-state index contributed by atoms with van der Waals surface area (Å²) in [6.45, 7) is 1.79. The van der Waals surface area contributed by atoms with E-state index in [-0.39, 0.29) is 5.82 Å². The summed E-state index contributed by atoms with van der Waals surface area (Å²) >= 11 is 3.45. The van der Waals surface area contributed by atoms with Crippen molar-refractivity contribution in [2.45, 2.75) is 12.5 Å². The Hall–Kier alpha value is -1.39. The summed E-state index contributed by atoms with van der Waals surface area (Å²) in [6.07, 6.45) is 0. The minimum atomic E-state index is -0.920. The summed E-state index contributed by atoms with van der Waals surface area (Å²) in [7, 11) is 1.50. The van der Waals surface area contributed by atoms with Crippen molar-refractivity contribution in [3.63, 3.8) is 0 Å². The maximum Gasteiger partial charge on any atom is 0.132 e. The van der Waals surface area contributed by atoms with Crippen molar-refractivity contribution >= 4 is 15.9 Å². The molecular formula is C15H15BrFNO. The van der Waals surface area contributed by atoms with E-state index in [0.29, 0.717) is 11.3 Å². The van der Waals surface area contributed by atoms with Crippen LogP contribution in [0.25, 0.3) is 0 Å². The fourth-order valence-corrected chi connectivity index (χ4v) is 2.77. The molecule has 0 fully saturated rings. The number of nitrogens with two attached hydrogens (primary N) is 1. The summed E-state index contributed by atoms with van der Waals surface area (Å²) in [5, 5.41) is 0. The monoisotopic (exact) mass is 323 g/mol. The SMILES string of the molecule is COc1ccc(C(C)(N)c2ccccc2Br)c(F)c1. The first-order chi connectivity index (χ1) is 8.96. The van der Waals surface area contributed by atoms with Gasteiger partial charge in [-0.1, -0.05) is 40.2 Å². The van der Waals surface area contributed by atoms with Crippen LogP contribution in [-0.2, 0) is 5.54 Å². The lowest BCUT2D eigenvalue weighted by Crippen LogP contribution is -2.35. The topological polar surface area (TPSA) is 35.2 Å². The highest BCUT2D eigenvalue weighted by molar-refractivity contribution is 9.10. The molecule has 0 aliphatic rings. The Balaban J connectivity index is 2.53. The zero-order valence-corrected chi connectivity index (χ0v) is 12.4. The van der Waals surface area contributed by atoms with Crippen molar-refractivity contribution in [2.24, 2.45) is 5.73 Å². The summed E-state index contributed by atoms with van der Waals surface area (Å²) in [4.78, 5) is 0. The lowest BCUT2D eigenvalue weighted by molar-refractivity contribution is 0.409. The van der Waals surface area contributed by atoms with E-state index in [1.807, 2.05) is 24.3 Å². The summed E-state index contributed by atoms with van der Waals surface area (Å²) in [6, 6.07) is 12.3. The number of rotatable bonds is 3. The van der Waals surface area contributed by atoms with Crippen molar-refractivity contribution in [1.29, 1.82) is 0 Å². The molecule has 0 radical (unpaired) electrons. The fourth-order valence-electron chi connectivity index (χ4n) is 2.07. The van der Waals surface area contributed by atoms with Gasteiger partial charge < -0.3 is 10.5 Å². The van der Waals surface area contributed by atoms with E-state index in [4.69, 9.17) is 10.5 Å². The zero-order chi connectivity index (χ0) is 14.0. The van der Waals surface area contributed by atoms with Crippen LogP contribution in [0.3, 0.4) is 0 Å². The molecule has 19 heavy (non-hydrogen) atoms. The standard InChI is InChI=1S/C15H15BrFNO/c1-15(18,11-5-3-4-6-13(11)16)12-8-7-10(19-2)9-14(12)17/h3-9H,18H2,1-2H3. The third kappa shape index (κ3) is 2.65. The van der Waals surface area contributed by atoms with E-state index in [1.54, 1.807) is 19.1 Å². The highest BCUT2D eigenvalue weighted by Gasteiger charge is 2.28. The van der Waals surface area contributed by atoms with Gasteiger partial charge in [0, 0.05) is 16.1 Å². The molecule has 0 saturated heterocycles. The smallest absolute Gasteiger partial charge is 0.132 e. The molecular weight excluding hydrogens is 309 g/mol. The predicted molar refractivity (Wildman–Crippen MR) is 77.7 cm³/mol. The van der Waals surface area contributed by atoms with Crippen LogP contribution in [0.15, 0.2) is 46.9 Å². The molecule has 0 amide bonds. The van der Waals surface area contributed by atoms with Gasteiger partial charge in [-0.05, 0) is 24.6 Å². The third-order valence-corrected chi connectivity index (χ3v) is 3.86. The van der Waals surface area contributed by atoms with Crippen molar-refractivity contribution in [3.8, 4) is 5.75 Å². The number of benzene rings is 2. The third-order valence-electron chi connectivity index (χ3n) is 3.17. The van der Waals surface area contributed by atoms with Gasteiger partial charge in [-0.3, -0.25) is 0 Å². The molecule has 4 heteroatoms. The Morgan fingerprint density at radius 2 is 1.84 bits per heavy atom. The Bertz CT molecular complexity index is 598. The van der Waals surface area contributed by atoms with Crippen LogP contribution in [0, 0.1) is 5.82 Å². The van der Waals surface area contributed by atoms with E-state index in [1.165, 1.54) is 13.2 Å². The van der Waals surface area contributed by atoms with E-state index < -0.39 is 5.54 Å². The first kappa shape index (κ1) is 14.0. The molecule has 2 aromatic carbocycles. The number of ether oxygens (including phenoxy) is 1. The molecule has 2 nitrogen and oxygen atoms in total. The average molecular weight is 324 g/mol. The average Bonchev–Trinajstić information content (AvgIpc) is 2.38. The molecule has 2 rings (SSSR count). The van der Waals surface area contributed by atoms with Crippen LogP contribution in [-0.4, -0.2) is 7.11 Å². The number of hydrogen-bond acceptors (Lipinski definition) is 2. The second kappa shape index (κ2) is 5.31. The van der Waals surface area contributed by atoms with Crippen LogP contribution in [0.4, 0.5) is 4.39 Å². The Morgan fingerprint density at radius 1 is 1.16 bits per heavy atom. The van der Waals surface area contributed by atoms with Gasteiger partial charge in [0.1, 0.15) is 11.6 Å². The maximum absolute atomic E-state index is 14.2. The van der Waals surface area contributed by atoms with Crippen LogP contribution < -0.4 is 10.5 Å². The maximum atomic E-state index is 14.2. The van der Waals surface area contributed by atoms with Crippen LogP contribution >= 0.6 is 15.9 Å². The highest BCUT2D eigenvalue weighted by atomic mass is 79.9. The van der Waals surface area contributed by atoms with Gasteiger partial charge in [0.25, 0.3) is 0 Å². The Labute approximate surface area is 120 Å². The first-order valence-electron chi connectivity index (χ1n) is 5.84. The number of halogens is 2. The zero-order valence-electron chi connectivity index (χ0n) is 10.8. The van der Waals surface area contributed by atoms with Crippen LogP contribution in [0.2, 0.25) is 0 Å². The van der Waals surface area contributed by atoms with Gasteiger partial charge in [-0.25, -0.2) is 4.39 Å². The van der Waals surface area contributed by atoms with Crippen LogP contribution in [0.5, 0.6) is 5.75 Å². The largest absolute Gasteiger partial charge is 0.497 e. The minimum absolute atomic E-state index is 0.375. The highest BCUT2D eigenvalue weighted by Crippen LogP contribution is 2.34. The molecule has 100 valence electrons. The quantitative estimate of drug-likeness (QED) is 0.931.